The van der Waals surface area contributed by atoms with Crippen molar-refractivity contribution in [3.63, 3.8) is 0 Å². The third-order valence-corrected chi connectivity index (χ3v) is 4.17. The molecule has 2 aromatic carbocycles. The number of unbranched alkanes of at least 4 members (excludes halogenated alkanes) is 2. The molecule has 1 unspecified atom stereocenters. The molecule has 0 aliphatic carbocycles. The van der Waals surface area contributed by atoms with Crippen molar-refractivity contribution in [1.29, 1.82) is 0 Å². The van der Waals surface area contributed by atoms with Gasteiger partial charge in [-0.3, -0.25) is 9.59 Å². The van der Waals surface area contributed by atoms with E-state index in [-0.39, 0.29) is 0 Å². The van der Waals surface area contributed by atoms with Crippen LogP contribution < -0.4 is 0 Å². The van der Waals surface area contributed by atoms with Gasteiger partial charge in [-0.25, -0.2) is 4.84 Å². The summed E-state index contributed by atoms with van der Waals surface area (Å²) in [4.78, 5) is 30.8. The predicted octanol–water partition coefficient (Wildman–Crippen LogP) is 4.02. The molecule has 0 fully saturated rings. The minimum Gasteiger partial charge on any atom is -0.266 e. The van der Waals surface area contributed by atoms with Gasteiger partial charge in [0.25, 0.3) is 11.8 Å². The maximum atomic E-state index is 12.5. The fourth-order valence-electron chi connectivity index (χ4n) is 2.78. The molecule has 3 rings (SSSR count). The second kappa shape index (κ2) is 8.46. The molecule has 0 bridgehead atoms. The van der Waals surface area contributed by atoms with Crippen molar-refractivity contribution in [2.75, 3.05) is 0 Å². The van der Waals surface area contributed by atoms with Crippen LogP contribution in [0.25, 0.3) is 0 Å². The molecule has 2 amide bonds. The maximum absolute atomic E-state index is 12.5. The first kappa shape index (κ1) is 17.9. The number of carbonyl (C=O) groups excluding carboxylic acids is 2. The van der Waals surface area contributed by atoms with E-state index in [2.05, 4.69) is 18.8 Å². The van der Waals surface area contributed by atoms with E-state index in [4.69, 9.17) is 4.84 Å². The van der Waals surface area contributed by atoms with Gasteiger partial charge in [-0.15, -0.1) is 11.0 Å². The van der Waals surface area contributed by atoms with Gasteiger partial charge < -0.3 is 0 Å². The van der Waals surface area contributed by atoms with Crippen molar-refractivity contribution in [2.45, 2.75) is 38.7 Å². The van der Waals surface area contributed by atoms with Crippen molar-refractivity contribution in [3.8, 4) is 11.8 Å². The Bertz CT molecular complexity index is 813. The Labute approximate surface area is 153 Å². The lowest BCUT2D eigenvalue weighted by Gasteiger charge is -2.18. The van der Waals surface area contributed by atoms with Crippen LogP contribution in [0.15, 0.2) is 54.6 Å². The highest BCUT2D eigenvalue weighted by Crippen LogP contribution is 2.24. The summed E-state index contributed by atoms with van der Waals surface area (Å²) in [6.45, 7) is 2.11. The van der Waals surface area contributed by atoms with Gasteiger partial charge in [-0.2, -0.15) is 0 Å². The van der Waals surface area contributed by atoms with Gasteiger partial charge >= 0.3 is 0 Å². The van der Waals surface area contributed by atoms with E-state index in [0.29, 0.717) is 17.5 Å². The average Bonchev–Trinajstić information content (AvgIpc) is 2.91. The SMILES string of the molecule is CCCCC#CC(Cc1ccccc1)ON1C(=O)c2ccccc2C1=O. The predicted molar refractivity (Wildman–Crippen MR) is 99.3 cm³/mol. The van der Waals surface area contributed by atoms with Crippen molar-refractivity contribution in [3.05, 3.63) is 71.3 Å². The molecule has 1 atom stereocenters. The Morgan fingerprint density at radius 1 is 0.962 bits per heavy atom. The fraction of sp³-hybridized carbons (Fsp3) is 0.273. The van der Waals surface area contributed by atoms with Crippen LogP contribution in [0.2, 0.25) is 0 Å². The lowest BCUT2D eigenvalue weighted by atomic mass is 10.1. The number of imide groups is 1. The molecular formula is C22H21NO3. The molecule has 1 aliphatic heterocycles. The second-order valence-corrected chi connectivity index (χ2v) is 6.16. The van der Waals surface area contributed by atoms with E-state index < -0.39 is 17.9 Å². The molecule has 0 saturated heterocycles. The molecule has 26 heavy (non-hydrogen) atoms. The van der Waals surface area contributed by atoms with Crippen molar-refractivity contribution in [1.82, 2.24) is 5.06 Å². The number of amides is 2. The maximum Gasteiger partial charge on any atom is 0.285 e. The number of hydrogen-bond acceptors (Lipinski definition) is 3. The summed E-state index contributed by atoms with van der Waals surface area (Å²) in [5.41, 5.74) is 1.78. The Kier molecular flexibility index (Phi) is 5.83. The highest BCUT2D eigenvalue weighted by molar-refractivity contribution is 6.20. The molecule has 4 heteroatoms. The summed E-state index contributed by atoms with van der Waals surface area (Å²) in [6.07, 6.45) is 2.80. The summed E-state index contributed by atoms with van der Waals surface area (Å²) < 4.78 is 0. The van der Waals surface area contributed by atoms with Crippen LogP contribution in [-0.4, -0.2) is 23.0 Å². The lowest BCUT2D eigenvalue weighted by molar-refractivity contribution is -0.113. The standard InChI is InChI=1S/C22H21NO3/c1-2-3-4-8-13-18(16-17-11-6-5-7-12-17)26-23-21(24)19-14-9-10-15-20(19)22(23)25/h5-7,9-12,14-15,18H,2-4,16H2,1H3. The number of nitrogens with zero attached hydrogens (tertiary/aromatic N) is 1. The Morgan fingerprint density at radius 2 is 1.58 bits per heavy atom. The highest BCUT2D eigenvalue weighted by Gasteiger charge is 2.37. The second-order valence-electron chi connectivity index (χ2n) is 6.16. The largest absolute Gasteiger partial charge is 0.285 e. The molecule has 1 aliphatic rings. The average molecular weight is 347 g/mol. The Balaban J connectivity index is 1.78. The zero-order valence-electron chi connectivity index (χ0n) is 14.8. The van der Waals surface area contributed by atoms with Crippen molar-refractivity contribution in [2.24, 2.45) is 0 Å². The first-order valence-electron chi connectivity index (χ1n) is 8.87. The zero-order valence-corrected chi connectivity index (χ0v) is 14.8. The molecule has 0 N–H and O–H groups in total. The van der Waals surface area contributed by atoms with Crippen molar-refractivity contribution >= 4 is 11.8 Å². The number of hydrogen-bond donors (Lipinski definition) is 0. The first-order valence-corrected chi connectivity index (χ1v) is 8.87. The molecule has 0 saturated carbocycles. The third kappa shape index (κ3) is 4.01. The Morgan fingerprint density at radius 3 is 2.19 bits per heavy atom. The number of rotatable bonds is 6. The molecule has 0 radical (unpaired) electrons. The van der Waals surface area contributed by atoms with E-state index >= 15 is 0 Å². The Hall–Kier alpha value is -2.90. The molecule has 0 aromatic heterocycles. The zero-order chi connectivity index (χ0) is 18.4. The van der Waals surface area contributed by atoms with Crippen LogP contribution in [0.5, 0.6) is 0 Å². The molecule has 1 heterocycles. The van der Waals surface area contributed by atoms with Gasteiger partial charge in [0.2, 0.25) is 0 Å². The first-order chi connectivity index (χ1) is 12.7. The third-order valence-electron chi connectivity index (χ3n) is 4.17. The van der Waals surface area contributed by atoms with Gasteiger partial charge in [-0.05, 0) is 24.1 Å². The van der Waals surface area contributed by atoms with Gasteiger partial charge in [-0.1, -0.05) is 61.7 Å². The minimum absolute atomic E-state index is 0.370. The van der Waals surface area contributed by atoms with Gasteiger partial charge in [0, 0.05) is 12.8 Å². The quantitative estimate of drug-likeness (QED) is 0.450. The summed E-state index contributed by atoms with van der Waals surface area (Å²) in [5, 5.41) is 0.854. The number of benzene rings is 2. The van der Waals surface area contributed by atoms with Crippen LogP contribution in [0, 0.1) is 11.8 Å². The van der Waals surface area contributed by atoms with E-state index in [1.165, 1.54) is 0 Å². The van der Waals surface area contributed by atoms with Crippen LogP contribution in [-0.2, 0) is 11.3 Å². The highest BCUT2D eigenvalue weighted by atomic mass is 16.7. The molecule has 132 valence electrons. The smallest absolute Gasteiger partial charge is 0.266 e. The van der Waals surface area contributed by atoms with Gasteiger partial charge in [0.1, 0.15) is 0 Å². The van der Waals surface area contributed by atoms with E-state index in [1.807, 2.05) is 30.3 Å². The van der Waals surface area contributed by atoms with Crippen LogP contribution in [0.4, 0.5) is 0 Å². The number of carbonyl (C=O) groups is 2. The summed E-state index contributed by atoms with van der Waals surface area (Å²) >= 11 is 0. The van der Waals surface area contributed by atoms with Crippen molar-refractivity contribution < 1.29 is 14.4 Å². The number of fused-ring (bicyclic) bond motifs is 1. The van der Waals surface area contributed by atoms with E-state index in [9.17, 15) is 9.59 Å². The normalized spacial score (nSPS) is 14.0. The summed E-state index contributed by atoms with van der Waals surface area (Å²) in [5.74, 6) is 5.32. The monoisotopic (exact) mass is 347 g/mol. The number of hydroxylamine groups is 2. The molecule has 2 aromatic rings. The summed E-state index contributed by atoms with van der Waals surface area (Å²) in [6, 6.07) is 16.5. The molecular weight excluding hydrogens is 326 g/mol. The van der Waals surface area contributed by atoms with Crippen LogP contribution in [0.3, 0.4) is 0 Å². The van der Waals surface area contributed by atoms with E-state index in [0.717, 1.165) is 29.9 Å². The van der Waals surface area contributed by atoms with Crippen LogP contribution in [0.1, 0.15) is 52.5 Å². The van der Waals surface area contributed by atoms with Gasteiger partial charge in [0.15, 0.2) is 6.10 Å². The summed E-state index contributed by atoms with van der Waals surface area (Å²) in [7, 11) is 0. The fourth-order valence-corrected chi connectivity index (χ4v) is 2.78. The van der Waals surface area contributed by atoms with E-state index in [1.54, 1.807) is 24.3 Å². The minimum atomic E-state index is -0.559. The van der Waals surface area contributed by atoms with Crippen LogP contribution >= 0.6 is 0 Å². The lowest BCUT2D eigenvalue weighted by Crippen LogP contribution is -2.35. The topological polar surface area (TPSA) is 46.6 Å². The molecule has 0 spiro atoms. The van der Waals surface area contributed by atoms with Gasteiger partial charge in [0.05, 0.1) is 11.1 Å². The molecule has 4 nitrogen and oxygen atoms in total.